The van der Waals surface area contributed by atoms with E-state index in [1.807, 2.05) is 0 Å². The number of halogens is 4. The quantitative estimate of drug-likeness (QED) is 0.865. The lowest BCUT2D eigenvalue weighted by atomic mass is 9.99. The fraction of sp³-hybridized carbons (Fsp3) is 0.143. The van der Waals surface area contributed by atoms with Gasteiger partial charge in [0.05, 0.1) is 6.04 Å². The molecule has 7 heteroatoms. The number of nitrogens with two attached hydrogens (primary N) is 1. The number of alkyl halides is 3. The van der Waals surface area contributed by atoms with Crippen LogP contribution < -0.4 is 10.5 Å². The first-order valence-electron chi connectivity index (χ1n) is 5.86. The van der Waals surface area contributed by atoms with Gasteiger partial charge in [-0.1, -0.05) is 28.1 Å². The number of rotatable bonds is 3. The molecule has 0 amide bonds. The second kappa shape index (κ2) is 5.95. The number of hydrogen-bond acceptors (Lipinski definition) is 3. The zero-order valence-corrected chi connectivity index (χ0v) is 12.1. The van der Waals surface area contributed by atoms with Gasteiger partial charge < -0.3 is 15.6 Å². The summed E-state index contributed by atoms with van der Waals surface area (Å²) in [5.41, 5.74) is 7.28. The van der Waals surface area contributed by atoms with Gasteiger partial charge in [0.1, 0.15) is 11.5 Å². The van der Waals surface area contributed by atoms with Crippen molar-refractivity contribution < 1.29 is 23.0 Å². The fourth-order valence-electron chi connectivity index (χ4n) is 1.83. The highest BCUT2D eigenvalue weighted by Gasteiger charge is 2.31. The third kappa shape index (κ3) is 4.12. The maximum atomic E-state index is 12.1. The molecule has 0 aliphatic heterocycles. The van der Waals surface area contributed by atoms with E-state index in [-0.39, 0.29) is 11.5 Å². The molecule has 0 fully saturated rings. The van der Waals surface area contributed by atoms with Gasteiger partial charge >= 0.3 is 6.36 Å². The molecule has 21 heavy (non-hydrogen) atoms. The average Bonchev–Trinajstić information content (AvgIpc) is 2.40. The molecule has 0 bridgehead atoms. The van der Waals surface area contributed by atoms with Crippen molar-refractivity contribution in [3.05, 3.63) is 58.1 Å². The van der Waals surface area contributed by atoms with Crippen LogP contribution >= 0.6 is 15.9 Å². The first-order chi connectivity index (χ1) is 9.76. The van der Waals surface area contributed by atoms with Crippen LogP contribution in [0.3, 0.4) is 0 Å². The molecule has 1 atom stereocenters. The molecule has 0 aliphatic rings. The van der Waals surface area contributed by atoms with Crippen molar-refractivity contribution in [1.29, 1.82) is 0 Å². The molecule has 0 unspecified atom stereocenters. The standard InChI is InChI=1S/C14H11BrF3NO2/c15-12-6-3-9(20)7-11(12)13(19)8-1-4-10(5-2-8)21-14(16,17)18/h1-7,13,20H,19H2/t13-/m0/s1. The minimum absolute atomic E-state index is 0.0562. The third-order valence-electron chi connectivity index (χ3n) is 2.79. The summed E-state index contributed by atoms with van der Waals surface area (Å²) in [5.74, 6) is -0.255. The van der Waals surface area contributed by atoms with E-state index in [1.165, 1.54) is 36.4 Å². The van der Waals surface area contributed by atoms with Crippen LogP contribution in [0, 0.1) is 0 Å². The molecule has 2 aromatic carbocycles. The van der Waals surface area contributed by atoms with Crippen LogP contribution in [0.1, 0.15) is 17.2 Å². The predicted molar refractivity (Wildman–Crippen MR) is 75.0 cm³/mol. The number of ether oxygens (including phenoxy) is 1. The Morgan fingerprint density at radius 3 is 2.29 bits per heavy atom. The molecule has 0 aliphatic carbocycles. The number of phenols is 1. The number of hydrogen-bond donors (Lipinski definition) is 2. The average molecular weight is 362 g/mol. The van der Waals surface area contributed by atoms with Crippen LogP contribution in [-0.4, -0.2) is 11.5 Å². The summed E-state index contributed by atoms with van der Waals surface area (Å²) in [7, 11) is 0. The van der Waals surface area contributed by atoms with E-state index >= 15 is 0 Å². The summed E-state index contributed by atoms with van der Waals surface area (Å²) < 4.78 is 40.7. The van der Waals surface area contributed by atoms with E-state index < -0.39 is 12.4 Å². The Balaban J connectivity index is 2.24. The van der Waals surface area contributed by atoms with Gasteiger partial charge in [-0.25, -0.2) is 0 Å². The Kier molecular flexibility index (Phi) is 4.43. The van der Waals surface area contributed by atoms with E-state index in [0.29, 0.717) is 15.6 Å². The highest BCUT2D eigenvalue weighted by atomic mass is 79.9. The van der Waals surface area contributed by atoms with Gasteiger partial charge in [0, 0.05) is 4.47 Å². The zero-order valence-electron chi connectivity index (χ0n) is 10.6. The van der Waals surface area contributed by atoms with Crippen molar-refractivity contribution in [3.63, 3.8) is 0 Å². The van der Waals surface area contributed by atoms with Gasteiger partial charge in [-0.2, -0.15) is 0 Å². The maximum Gasteiger partial charge on any atom is 0.573 e. The Morgan fingerprint density at radius 1 is 1.10 bits per heavy atom. The molecule has 0 radical (unpaired) electrons. The van der Waals surface area contributed by atoms with Gasteiger partial charge in [-0.05, 0) is 41.5 Å². The Labute approximate surface area is 127 Å². The lowest BCUT2D eigenvalue weighted by Gasteiger charge is -2.16. The predicted octanol–water partition coefficient (Wildman–Crippen LogP) is 4.10. The molecule has 0 heterocycles. The van der Waals surface area contributed by atoms with Crippen molar-refractivity contribution in [2.24, 2.45) is 5.73 Å². The highest BCUT2D eigenvalue weighted by Crippen LogP contribution is 2.31. The van der Waals surface area contributed by atoms with Gasteiger partial charge in [0.15, 0.2) is 0 Å². The van der Waals surface area contributed by atoms with Crippen molar-refractivity contribution >= 4 is 15.9 Å². The van der Waals surface area contributed by atoms with E-state index in [2.05, 4.69) is 20.7 Å². The second-order valence-corrected chi connectivity index (χ2v) is 5.15. The molecule has 0 aromatic heterocycles. The summed E-state index contributed by atoms with van der Waals surface area (Å²) in [6.45, 7) is 0. The van der Waals surface area contributed by atoms with Crippen LogP contribution in [0.4, 0.5) is 13.2 Å². The highest BCUT2D eigenvalue weighted by molar-refractivity contribution is 9.10. The van der Waals surface area contributed by atoms with Crippen molar-refractivity contribution in [3.8, 4) is 11.5 Å². The van der Waals surface area contributed by atoms with Gasteiger partial charge in [-0.15, -0.1) is 13.2 Å². The minimum Gasteiger partial charge on any atom is -0.508 e. The summed E-state index contributed by atoms with van der Waals surface area (Å²) in [6, 6.07) is 9.33. The molecular formula is C14H11BrF3NO2. The monoisotopic (exact) mass is 361 g/mol. The van der Waals surface area contributed by atoms with Crippen LogP contribution in [0.25, 0.3) is 0 Å². The molecular weight excluding hydrogens is 351 g/mol. The Hall–Kier alpha value is -1.73. The van der Waals surface area contributed by atoms with Gasteiger partial charge in [0.2, 0.25) is 0 Å². The van der Waals surface area contributed by atoms with Crippen LogP contribution in [0.2, 0.25) is 0 Å². The third-order valence-corrected chi connectivity index (χ3v) is 3.51. The Morgan fingerprint density at radius 2 is 1.71 bits per heavy atom. The minimum atomic E-state index is -4.72. The molecule has 3 nitrogen and oxygen atoms in total. The lowest BCUT2D eigenvalue weighted by molar-refractivity contribution is -0.274. The van der Waals surface area contributed by atoms with Crippen molar-refractivity contribution in [1.82, 2.24) is 0 Å². The number of benzene rings is 2. The summed E-state index contributed by atoms with van der Waals surface area (Å²) in [5, 5.41) is 9.48. The summed E-state index contributed by atoms with van der Waals surface area (Å²) in [4.78, 5) is 0. The van der Waals surface area contributed by atoms with Crippen LogP contribution in [0.15, 0.2) is 46.9 Å². The molecule has 0 spiro atoms. The van der Waals surface area contributed by atoms with E-state index in [0.717, 1.165) is 0 Å². The molecule has 2 aromatic rings. The molecule has 0 saturated heterocycles. The van der Waals surface area contributed by atoms with E-state index in [4.69, 9.17) is 5.73 Å². The molecule has 3 N–H and O–H groups in total. The first kappa shape index (κ1) is 15.7. The maximum absolute atomic E-state index is 12.1. The zero-order chi connectivity index (χ0) is 15.6. The number of aromatic hydroxyl groups is 1. The summed E-state index contributed by atoms with van der Waals surface area (Å²) in [6.07, 6.45) is -4.72. The molecule has 112 valence electrons. The van der Waals surface area contributed by atoms with Gasteiger partial charge in [-0.3, -0.25) is 0 Å². The van der Waals surface area contributed by atoms with Crippen LogP contribution in [-0.2, 0) is 0 Å². The van der Waals surface area contributed by atoms with E-state index in [1.54, 1.807) is 6.07 Å². The smallest absolute Gasteiger partial charge is 0.508 e. The Bertz CT molecular complexity index is 629. The normalized spacial score (nSPS) is 13.0. The topological polar surface area (TPSA) is 55.5 Å². The van der Waals surface area contributed by atoms with Crippen molar-refractivity contribution in [2.45, 2.75) is 12.4 Å². The lowest BCUT2D eigenvalue weighted by Crippen LogP contribution is -2.17. The SMILES string of the molecule is N[C@@H](c1ccc(OC(F)(F)F)cc1)c1cc(O)ccc1Br. The largest absolute Gasteiger partial charge is 0.573 e. The number of phenolic OH excluding ortho intramolecular Hbond substituents is 1. The van der Waals surface area contributed by atoms with Gasteiger partial charge in [0.25, 0.3) is 0 Å². The van der Waals surface area contributed by atoms with Crippen LogP contribution in [0.5, 0.6) is 11.5 Å². The summed E-state index contributed by atoms with van der Waals surface area (Å²) >= 11 is 3.32. The second-order valence-electron chi connectivity index (χ2n) is 4.30. The first-order valence-corrected chi connectivity index (χ1v) is 6.65. The molecule has 0 saturated carbocycles. The molecule has 2 rings (SSSR count). The van der Waals surface area contributed by atoms with Crippen molar-refractivity contribution in [2.75, 3.05) is 0 Å². The fourth-order valence-corrected chi connectivity index (χ4v) is 2.32. The van der Waals surface area contributed by atoms with E-state index in [9.17, 15) is 18.3 Å².